The molecule has 25 nitrogen and oxygen atoms in total. The van der Waals surface area contributed by atoms with Gasteiger partial charge >= 0.3 is 35.5 Å². The normalized spacial score (nSPS) is 11.5. The topological polar surface area (TPSA) is 268 Å². The molecule has 0 atom stereocenters. The Morgan fingerprint density at radius 1 is 0.329 bits per heavy atom. The second-order valence-electron chi connectivity index (χ2n) is 14.8. The number of hydrogen-bond donors (Lipinski definition) is 0. The molecule has 0 bridgehead atoms. The minimum Gasteiger partial charge on any atom is -0.744 e. The Morgan fingerprint density at radius 3 is 0.671 bits per heavy atom. The van der Waals surface area contributed by atoms with E-state index < -0.39 is 16.1 Å². The Balaban J connectivity index is 0.0000562. The summed E-state index contributed by atoms with van der Waals surface area (Å²) in [6.07, 6.45) is 1.11. The fourth-order valence-corrected chi connectivity index (χ4v) is 5.71. The van der Waals surface area contributed by atoms with Gasteiger partial charge in [0.05, 0.1) is 256 Å². The van der Waals surface area contributed by atoms with E-state index in [2.05, 4.69) is 6.58 Å². The Kier molecular flexibility index (Phi) is 59.7. The minimum atomic E-state index is -4.47. The maximum atomic E-state index is 10.9. The molecule has 0 aliphatic heterocycles. The number of rotatable bonds is 63. The van der Waals surface area contributed by atoms with Crippen molar-refractivity contribution < 1.29 is 147 Å². The minimum absolute atomic E-state index is 0. The van der Waals surface area contributed by atoms with Crippen LogP contribution in [0.5, 0.6) is 5.75 Å². The molecule has 0 aliphatic rings. The van der Waals surface area contributed by atoms with E-state index in [1.165, 1.54) is 24.3 Å². The molecule has 0 saturated carbocycles. The zero-order valence-electron chi connectivity index (χ0n) is 45.0. The van der Waals surface area contributed by atoms with Crippen molar-refractivity contribution >= 4 is 16.1 Å². The molecule has 0 heterocycles. The summed E-state index contributed by atoms with van der Waals surface area (Å²) in [6, 6.07) is 5.25. The van der Waals surface area contributed by atoms with E-state index in [0.717, 1.165) is 6.08 Å². The first kappa shape index (κ1) is 74.4. The zero-order chi connectivity index (χ0) is 53.9. The summed E-state index contributed by atoms with van der Waals surface area (Å²) in [7, 11) is -4.47. The van der Waals surface area contributed by atoms with Gasteiger partial charge in [-0.1, -0.05) is 6.58 Å². The van der Waals surface area contributed by atoms with E-state index in [1.807, 2.05) is 0 Å². The van der Waals surface area contributed by atoms with Gasteiger partial charge in [-0.15, -0.1) is 0 Å². The average Bonchev–Trinajstić information content (AvgIpc) is 3.41. The number of carbonyl (C=O) groups is 1. The van der Waals surface area contributed by atoms with E-state index >= 15 is 0 Å². The van der Waals surface area contributed by atoms with Gasteiger partial charge in [0.15, 0.2) is 0 Å². The Labute approximate surface area is 472 Å². The summed E-state index contributed by atoms with van der Waals surface area (Å²) in [4.78, 5) is 10.6. The molecule has 0 aromatic heterocycles. The molecule has 0 spiro atoms. The zero-order valence-corrected chi connectivity index (χ0v) is 47.8. The Morgan fingerprint density at radius 2 is 0.500 bits per heavy atom. The number of carbonyl (C=O) groups excluding carboxylic acids is 1. The van der Waals surface area contributed by atoms with Crippen LogP contribution < -0.4 is 34.3 Å². The van der Waals surface area contributed by atoms with Crippen molar-refractivity contribution in [3.8, 4) is 5.75 Å². The summed E-state index contributed by atoms with van der Waals surface area (Å²) < 4.78 is 147. The smallest absolute Gasteiger partial charge is 0.744 e. The van der Waals surface area contributed by atoms with Gasteiger partial charge in [-0.2, -0.15) is 0 Å². The molecule has 1 aromatic rings. The SMILES string of the molecule is C=CC(=O)OCCOCCOCCOCCOCCOCCOCCOCCOCCOCCOCCOCCOCCOCCOCCOCCOCCOCCOCCOCCOc1ccc(S(=O)(=O)[O-])cc1.[Na+]. The molecule has 1 rings (SSSR count). The van der Waals surface area contributed by atoms with Crippen molar-refractivity contribution in [3.05, 3.63) is 36.9 Å². The fraction of sp³-hybridized carbons (Fsp3) is 0.816. The van der Waals surface area contributed by atoms with Gasteiger partial charge in [0.25, 0.3) is 0 Å². The van der Waals surface area contributed by atoms with Crippen molar-refractivity contribution in [2.75, 3.05) is 264 Å². The molecule has 0 unspecified atom stereocenters. The van der Waals surface area contributed by atoms with Gasteiger partial charge < -0.3 is 104 Å². The molecule has 0 N–H and O–H groups in total. The maximum Gasteiger partial charge on any atom is 1.00 e. The third kappa shape index (κ3) is 57.1. The molecule has 0 radical (unpaired) electrons. The van der Waals surface area contributed by atoms with Gasteiger partial charge in [0.1, 0.15) is 29.1 Å². The number of benzene rings is 1. The molecular formula is C49H87NaO25S. The van der Waals surface area contributed by atoms with Crippen LogP contribution in [0.25, 0.3) is 0 Å². The number of ether oxygens (including phenoxy) is 21. The van der Waals surface area contributed by atoms with Crippen LogP contribution >= 0.6 is 0 Å². The molecule has 76 heavy (non-hydrogen) atoms. The molecule has 440 valence electrons. The number of esters is 1. The van der Waals surface area contributed by atoms with Gasteiger partial charge in [-0.25, -0.2) is 13.2 Å². The van der Waals surface area contributed by atoms with Crippen molar-refractivity contribution in [2.24, 2.45) is 0 Å². The summed E-state index contributed by atoms with van der Waals surface area (Å²) >= 11 is 0. The molecule has 0 aliphatic carbocycles. The molecule has 27 heteroatoms. The third-order valence-corrected chi connectivity index (χ3v) is 9.79. The van der Waals surface area contributed by atoms with E-state index in [1.54, 1.807) is 0 Å². The average molecular weight is 1130 g/mol. The Bertz CT molecular complexity index is 1460. The second kappa shape index (κ2) is 61.0. The predicted molar refractivity (Wildman–Crippen MR) is 267 cm³/mol. The van der Waals surface area contributed by atoms with Crippen molar-refractivity contribution in [2.45, 2.75) is 4.90 Å². The van der Waals surface area contributed by atoms with E-state index in [0.29, 0.717) is 257 Å². The molecule has 0 amide bonds. The van der Waals surface area contributed by atoms with Crippen LogP contribution in [0.2, 0.25) is 0 Å². The molecule has 1 aromatic carbocycles. The van der Waals surface area contributed by atoms with Crippen molar-refractivity contribution in [3.63, 3.8) is 0 Å². The largest absolute Gasteiger partial charge is 1.00 e. The second-order valence-corrected chi connectivity index (χ2v) is 16.2. The van der Waals surface area contributed by atoms with E-state index in [-0.39, 0.29) is 47.7 Å². The van der Waals surface area contributed by atoms with E-state index in [4.69, 9.17) is 99.5 Å². The van der Waals surface area contributed by atoms with Crippen LogP contribution in [0.1, 0.15) is 0 Å². The molecular weight excluding hydrogens is 1040 g/mol. The fourth-order valence-electron chi connectivity index (χ4n) is 5.24. The van der Waals surface area contributed by atoms with Crippen LogP contribution in [0.4, 0.5) is 0 Å². The maximum absolute atomic E-state index is 10.9. The van der Waals surface area contributed by atoms with Crippen LogP contribution in [0.15, 0.2) is 41.8 Å². The molecule has 0 saturated heterocycles. The van der Waals surface area contributed by atoms with Gasteiger partial charge in [0.2, 0.25) is 0 Å². The van der Waals surface area contributed by atoms with Crippen LogP contribution in [-0.2, 0) is 110 Å². The predicted octanol–water partition coefficient (Wildman–Crippen LogP) is -1.98. The first-order valence-corrected chi connectivity index (χ1v) is 26.8. The summed E-state index contributed by atoms with van der Waals surface area (Å²) in [5.74, 6) is -0.0231. The quantitative estimate of drug-likeness (QED) is 0.0225. The van der Waals surface area contributed by atoms with Crippen LogP contribution in [0, 0.1) is 0 Å². The standard InChI is InChI=1S/C49H88O25S.Na/c1-2-49(50)74-46-44-72-42-40-70-38-36-68-34-32-66-30-28-64-26-24-62-22-20-60-18-16-58-14-12-56-10-8-54-7-9-55-11-13-57-15-17-59-19-21-61-23-25-63-27-29-65-31-33-67-35-37-69-39-41-71-43-45-73-47-3-5-48(6-4-47)75(51,52)53;/h2-6H,1,7-46H2,(H,51,52,53);/q;+1/p-1. The van der Waals surface area contributed by atoms with Gasteiger partial charge in [0, 0.05) is 6.08 Å². The van der Waals surface area contributed by atoms with Crippen molar-refractivity contribution in [1.82, 2.24) is 0 Å². The van der Waals surface area contributed by atoms with Crippen LogP contribution in [-0.4, -0.2) is 283 Å². The summed E-state index contributed by atoms with van der Waals surface area (Å²) in [5.41, 5.74) is 0. The van der Waals surface area contributed by atoms with Crippen LogP contribution in [0.3, 0.4) is 0 Å². The van der Waals surface area contributed by atoms with E-state index in [9.17, 15) is 17.8 Å². The summed E-state index contributed by atoms with van der Waals surface area (Å²) in [5, 5.41) is 0. The van der Waals surface area contributed by atoms with Gasteiger partial charge in [-0.3, -0.25) is 0 Å². The molecule has 0 fully saturated rings. The first-order valence-electron chi connectivity index (χ1n) is 25.4. The summed E-state index contributed by atoms with van der Waals surface area (Å²) in [6.45, 7) is 21.0. The Hall–Kier alpha value is -1.62. The first-order chi connectivity index (χ1) is 36.9. The van der Waals surface area contributed by atoms with Crippen molar-refractivity contribution in [1.29, 1.82) is 0 Å². The number of hydrogen-bond acceptors (Lipinski definition) is 25. The monoisotopic (exact) mass is 1130 g/mol. The third-order valence-electron chi connectivity index (χ3n) is 8.94. The van der Waals surface area contributed by atoms with Gasteiger partial charge in [-0.05, 0) is 24.3 Å².